The van der Waals surface area contributed by atoms with E-state index < -0.39 is 23.3 Å². The number of nitrogens with zero attached hydrogens (tertiary/aromatic N) is 1. The highest BCUT2D eigenvalue weighted by molar-refractivity contribution is 5.92. The Labute approximate surface area is 135 Å². The standard InChI is InChI=1S/C15H15F3N2O4/c1-22-10-3-4-11(12(5-10)23-2)24-14(13(19)21)6-9(7-20-8-14)15(16,17)18/h3-7H,8H2,1-2H3,(H2,19,21). The first-order valence-electron chi connectivity index (χ1n) is 6.72. The van der Waals surface area contributed by atoms with E-state index in [1.807, 2.05) is 0 Å². The minimum atomic E-state index is -4.68. The highest BCUT2D eigenvalue weighted by Crippen LogP contribution is 2.36. The number of ether oxygens (including phenoxy) is 3. The van der Waals surface area contributed by atoms with Gasteiger partial charge in [0, 0.05) is 12.3 Å². The van der Waals surface area contributed by atoms with Gasteiger partial charge in [-0.25, -0.2) is 0 Å². The summed E-state index contributed by atoms with van der Waals surface area (Å²) in [6, 6.07) is 4.37. The van der Waals surface area contributed by atoms with Crippen molar-refractivity contribution in [2.24, 2.45) is 10.7 Å². The van der Waals surface area contributed by atoms with Gasteiger partial charge in [-0.2, -0.15) is 13.2 Å². The van der Waals surface area contributed by atoms with Crippen LogP contribution in [-0.2, 0) is 4.79 Å². The quantitative estimate of drug-likeness (QED) is 0.884. The van der Waals surface area contributed by atoms with Crippen LogP contribution in [0.3, 0.4) is 0 Å². The van der Waals surface area contributed by atoms with E-state index in [1.54, 1.807) is 0 Å². The average molecular weight is 344 g/mol. The van der Waals surface area contributed by atoms with Crippen molar-refractivity contribution in [3.63, 3.8) is 0 Å². The number of rotatable bonds is 5. The second-order valence-corrected chi connectivity index (χ2v) is 4.94. The SMILES string of the molecule is COc1ccc(OC2(C(N)=O)C=C(C(F)(F)F)C=NC2)c(OC)c1. The van der Waals surface area contributed by atoms with Gasteiger partial charge < -0.3 is 19.9 Å². The lowest BCUT2D eigenvalue weighted by Gasteiger charge is -2.30. The smallest absolute Gasteiger partial charge is 0.417 e. The number of benzene rings is 1. The summed E-state index contributed by atoms with van der Waals surface area (Å²) in [4.78, 5) is 15.4. The van der Waals surface area contributed by atoms with Crippen molar-refractivity contribution in [3.8, 4) is 17.2 Å². The number of methoxy groups -OCH3 is 2. The third-order valence-corrected chi connectivity index (χ3v) is 3.35. The zero-order valence-electron chi connectivity index (χ0n) is 12.9. The van der Waals surface area contributed by atoms with Crippen LogP contribution in [0.15, 0.2) is 34.8 Å². The molecule has 0 fully saturated rings. The van der Waals surface area contributed by atoms with E-state index in [2.05, 4.69) is 4.99 Å². The molecule has 2 N–H and O–H groups in total. The number of carbonyl (C=O) groups is 1. The fourth-order valence-electron chi connectivity index (χ4n) is 2.09. The van der Waals surface area contributed by atoms with Gasteiger partial charge in [0.05, 0.1) is 26.3 Å². The van der Waals surface area contributed by atoms with Gasteiger partial charge in [-0.05, 0) is 18.2 Å². The lowest BCUT2D eigenvalue weighted by molar-refractivity contribution is -0.129. The first kappa shape index (κ1) is 17.6. The summed E-state index contributed by atoms with van der Waals surface area (Å²) in [5.41, 5.74) is 2.11. The van der Waals surface area contributed by atoms with Gasteiger partial charge in [0.2, 0.25) is 5.60 Å². The number of hydrogen-bond acceptors (Lipinski definition) is 5. The Morgan fingerprint density at radius 3 is 2.50 bits per heavy atom. The maximum Gasteiger partial charge on any atom is 0.417 e. The zero-order chi connectivity index (χ0) is 18.0. The van der Waals surface area contributed by atoms with Crippen LogP contribution >= 0.6 is 0 Å². The van der Waals surface area contributed by atoms with Crippen LogP contribution in [0.25, 0.3) is 0 Å². The summed E-state index contributed by atoms with van der Waals surface area (Å²) in [5.74, 6) is -0.446. The molecule has 0 aliphatic carbocycles. The van der Waals surface area contributed by atoms with E-state index in [1.165, 1.54) is 32.4 Å². The Hall–Kier alpha value is -2.71. The van der Waals surface area contributed by atoms with E-state index in [0.29, 0.717) is 18.0 Å². The number of halogens is 3. The monoisotopic (exact) mass is 344 g/mol. The molecule has 2 rings (SSSR count). The maximum absolute atomic E-state index is 12.9. The summed E-state index contributed by atoms with van der Waals surface area (Å²) in [6.45, 7) is -0.378. The molecule has 24 heavy (non-hydrogen) atoms. The number of amides is 1. The lowest BCUT2D eigenvalue weighted by Crippen LogP contribution is -2.52. The van der Waals surface area contributed by atoms with Gasteiger partial charge in [0.25, 0.3) is 5.91 Å². The van der Waals surface area contributed by atoms with E-state index >= 15 is 0 Å². The molecular formula is C15H15F3N2O4. The van der Waals surface area contributed by atoms with E-state index in [4.69, 9.17) is 19.9 Å². The molecule has 1 amide bonds. The number of aliphatic imine (C=N–C) groups is 1. The molecule has 9 heteroatoms. The van der Waals surface area contributed by atoms with E-state index in [9.17, 15) is 18.0 Å². The van der Waals surface area contributed by atoms with Crippen LogP contribution < -0.4 is 19.9 Å². The number of allylic oxidation sites excluding steroid dienone is 1. The van der Waals surface area contributed by atoms with Crippen LogP contribution in [0.2, 0.25) is 0 Å². The summed E-state index contributed by atoms with van der Waals surface area (Å²) in [7, 11) is 2.78. The molecule has 6 nitrogen and oxygen atoms in total. The second-order valence-electron chi connectivity index (χ2n) is 4.94. The maximum atomic E-state index is 12.9. The minimum Gasteiger partial charge on any atom is -0.497 e. The summed E-state index contributed by atoms with van der Waals surface area (Å²) in [5, 5.41) is 0. The van der Waals surface area contributed by atoms with Gasteiger partial charge >= 0.3 is 6.18 Å². The molecule has 1 heterocycles. The predicted molar refractivity (Wildman–Crippen MR) is 79.6 cm³/mol. The molecule has 1 atom stereocenters. The predicted octanol–water partition coefficient (Wildman–Crippen LogP) is 1.88. The fraction of sp³-hybridized carbons (Fsp3) is 0.333. The van der Waals surface area contributed by atoms with E-state index in [-0.39, 0.29) is 18.0 Å². The van der Waals surface area contributed by atoms with E-state index in [0.717, 1.165) is 0 Å². The average Bonchev–Trinajstić information content (AvgIpc) is 2.54. The van der Waals surface area contributed by atoms with Gasteiger partial charge in [0.1, 0.15) is 5.75 Å². The molecule has 1 aliphatic rings. The van der Waals surface area contributed by atoms with Gasteiger partial charge in [-0.15, -0.1) is 0 Å². The number of dihydropyridines is 1. The fourth-order valence-corrected chi connectivity index (χ4v) is 2.09. The van der Waals surface area contributed by atoms with Crippen molar-refractivity contribution < 1.29 is 32.2 Å². The Bertz CT molecular complexity index is 700. The third kappa shape index (κ3) is 3.44. The van der Waals surface area contributed by atoms with Crippen LogP contribution in [0, 0.1) is 0 Å². The van der Waals surface area contributed by atoms with Gasteiger partial charge in [0.15, 0.2) is 11.5 Å². The molecule has 1 aliphatic heterocycles. The molecule has 0 bridgehead atoms. The molecule has 1 unspecified atom stereocenters. The first-order valence-corrected chi connectivity index (χ1v) is 6.72. The highest BCUT2D eigenvalue weighted by Gasteiger charge is 2.45. The zero-order valence-corrected chi connectivity index (χ0v) is 12.9. The lowest BCUT2D eigenvalue weighted by atomic mass is 9.96. The van der Waals surface area contributed by atoms with Crippen molar-refractivity contribution in [1.82, 2.24) is 0 Å². The number of carbonyl (C=O) groups excluding carboxylic acids is 1. The largest absolute Gasteiger partial charge is 0.497 e. The van der Waals surface area contributed by atoms with Crippen LogP contribution in [0.4, 0.5) is 13.2 Å². The third-order valence-electron chi connectivity index (χ3n) is 3.35. The highest BCUT2D eigenvalue weighted by atomic mass is 19.4. The molecule has 0 saturated carbocycles. The molecule has 0 radical (unpaired) electrons. The normalized spacial score (nSPS) is 20.3. The van der Waals surface area contributed by atoms with Crippen molar-refractivity contribution in [3.05, 3.63) is 29.8 Å². The minimum absolute atomic E-state index is 0.0342. The van der Waals surface area contributed by atoms with Crippen molar-refractivity contribution >= 4 is 12.1 Å². The van der Waals surface area contributed by atoms with Crippen molar-refractivity contribution in [2.75, 3.05) is 20.8 Å². The van der Waals surface area contributed by atoms with Crippen LogP contribution in [0.5, 0.6) is 17.2 Å². The molecule has 0 saturated heterocycles. The number of alkyl halides is 3. The Morgan fingerprint density at radius 1 is 1.25 bits per heavy atom. The molecule has 130 valence electrons. The first-order chi connectivity index (χ1) is 11.2. The molecule has 1 aromatic rings. The Kier molecular flexibility index (Phi) is 4.72. The topological polar surface area (TPSA) is 83.1 Å². The molecule has 0 spiro atoms. The van der Waals surface area contributed by atoms with Gasteiger partial charge in [-0.1, -0.05) is 0 Å². The van der Waals surface area contributed by atoms with Gasteiger partial charge in [-0.3, -0.25) is 9.79 Å². The molecular weight excluding hydrogens is 329 g/mol. The van der Waals surface area contributed by atoms with Crippen molar-refractivity contribution in [2.45, 2.75) is 11.8 Å². The number of primary amides is 1. The summed E-state index contributed by atoms with van der Waals surface area (Å²) >= 11 is 0. The Morgan fingerprint density at radius 2 is 1.96 bits per heavy atom. The molecule has 0 aromatic heterocycles. The van der Waals surface area contributed by atoms with Crippen LogP contribution in [0.1, 0.15) is 0 Å². The van der Waals surface area contributed by atoms with Crippen LogP contribution in [-0.4, -0.2) is 44.7 Å². The number of nitrogens with two attached hydrogens (primary N) is 1. The van der Waals surface area contributed by atoms with Crippen molar-refractivity contribution in [1.29, 1.82) is 0 Å². The summed E-state index contributed by atoms with van der Waals surface area (Å²) in [6.07, 6.45) is -3.42. The summed E-state index contributed by atoms with van der Waals surface area (Å²) < 4.78 is 54.4. The number of hydrogen-bond donors (Lipinski definition) is 1. The Balaban J connectivity index is 2.45. The second kappa shape index (κ2) is 6.42. The molecule has 1 aromatic carbocycles.